The summed E-state index contributed by atoms with van der Waals surface area (Å²) in [6, 6.07) is 13.7. The molecule has 0 unspecified atom stereocenters. The third-order valence-electron chi connectivity index (χ3n) is 3.40. The van der Waals surface area contributed by atoms with E-state index in [1.807, 2.05) is 30.3 Å². The van der Waals surface area contributed by atoms with Crippen molar-refractivity contribution in [1.29, 1.82) is 0 Å². The van der Waals surface area contributed by atoms with Gasteiger partial charge < -0.3 is 16.0 Å². The Hall–Kier alpha value is -2.89. The minimum Gasteiger partial charge on any atom is -0.385 e. The second kappa shape index (κ2) is 8.67. The fraction of sp³-hybridized carbons (Fsp3) is 0.222. The highest BCUT2D eigenvalue weighted by Gasteiger charge is 2.14. The average Bonchev–Trinajstić information content (AvgIpc) is 2.58. The van der Waals surface area contributed by atoms with Crippen LogP contribution < -0.4 is 16.0 Å². The third kappa shape index (κ3) is 5.39. The van der Waals surface area contributed by atoms with Crippen LogP contribution in [0.1, 0.15) is 12.0 Å². The largest absolute Gasteiger partial charge is 0.385 e. The topological polar surface area (TPSA) is 70.2 Å². The molecule has 126 valence electrons. The van der Waals surface area contributed by atoms with Crippen LogP contribution in [0.2, 0.25) is 0 Å². The van der Waals surface area contributed by atoms with Gasteiger partial charge in [-0.3, -0.25) is 9.59 Å². The number of rotatable bonds is 6. The van der Waals surface area contributed by atoms with Crippen LogP contribution in [0.4, 0.5) is 15.8 Å². The lowest BCUT2D eigenvalue weighted by atomic mass is 10.2. The lowest BCUT2D eigenvalue weighted by Crippen LogP contribution is -2.36. The van der Waals surface area contributed by atoms with Gasteiger partial charge in [-0.15, -0.1) is 0 Å². The number of amides is 2. The van der Waals surface area contributed by atoms with Crippen LogP contribution >= 0.6 is 0 Å². The second-order valence-electron chi connectivity index (χ2n) is 5.32. The molecule has 0 heterocycles. The minimum absolute atomic E-state index is 0.292. The Morgan fingerprint density at radius 1 is 1.00 bits per heavy atom. The van der Waals surface area contributed by atoms with Gasteiger partial charge in [0.25, 0.3) is 0 Å². The molecule has 0 aliphatic carbocycles. The molecule has 24 heavy (non-hydrogen) atoms. The Kier molecular flexibility index (Phi) is 6.31. The van der Waals surface area contributed by atoms with E-state index in [9.17, 15) is 14.0 Å². The van der Waals surface area contributed by atoms with Crippen molar-refractivity contribution < 1.29 is 14.0 Å². The predicted molar refractivity (Wildman–Crippen MR) is 92.3 cm³/mol. The Morgan fingerprint density at radius 2 is 1.75 bits per heavy atom. The zero-order chi connectivity index (χ0) is 17.4. The van der Waals surface area contributed by atoms with Crippen molar-refractivity contribution in [2.75, 3.05) is 23.7 Å². The summed E-state index contributed by atoms with van der Waals surface area (Å²) in [5.74, 6) is -2.01. The highest BCUT2D eigenvalue weighted by Crippen LogP contribution is 2.15. The number of hydrogen-bond donors (Lipinski definition) is 3. The molecule has 2 rings (SSSR count). The maximum atomic E-state index is 13.2. The molecule has 0 saturated heterocycles. The van der Waals surface area contributed by atoms with Gasteiger partial charge >= 0.3 is 11.8 Å². The lowest BCUT2D eigenvalue weighted by Gasteiger charge is -2.09. The Bertz CT molecular complexity index is 705. The van der Waals surface area contributed by atoms with E-state index in [0.29, 0.717) is 30.8 Å². The molecule has 0 fully saturated rings. The van der Waals surface area contributed by atoms with Crippen LogP contribution in [0.3, 0.4) is 0 Å². The van der Waals surface area contributed by atoms with Crippen molar-refractivity contribution in [2.24, 2.45) is 0 Å². The molecular formula is C18H20FN3O2. The normalized spacial score (nSPS) is 10.1. The summed E-state index contributed by atoms with van der Waals surface area (Å²) in [6.45, 7) is 2.77. The van der Waals surface area contributed by atoms with Crippen molar-refractivity contribution in [3.8, 4) is 0 Å². The summed E-state index contributed by atoms with van der Waals surface area (Å²) < 4.78 is 13.2. The zero-order valence-corrected chi connectivity index (χ0v) is 13.4. The molecule has 0 bridgehead atoms. The number of halogens is 1. The Morgan fingerprint density at radius 3 is 2.50 bits per heavy atom. The highest BCUT2D eigenvalue weighted by molar-refractivity contribution is 6.39. The minimum atomic E-state index is -0.806. The lowest BCUT2D eigenvalue weighted by molar-refractivity contribution is -0.136. The van der Waals surface area contributed by atoms with E-state index < -0.39 is 17.6 Å². The first-order valence-electron chi connectivity index (χ1n) is 7.70. The quantitative estimate of drug-likeness (QED) is 0.564. The van der Waals surface area contributed by atoms with Gasteiger partial charge in [0, 0.05) is 24.5 Å². The zero-order valence-electron chi connectivity index (χ0n) is 13.4. The molecule has 0 spiro atoms. The number of carbonyl (C=O) groups is 2. The van der Waals surface area contributed by atoms with Crippen molar-refractivity contribution >= 4 is 23.2 Å². The summed E-state index contributed by atoms with van der Waals surface area (Å²) in [5.41, 5.74) is 1.98. The molecule has 3 N–H and O–H groups in total. The van der Waals surface area contributed by atoms with Gasteiger partial charge in [-0.05, 0) is 43.2 Å². The predicted octanol–water partition coefficient (Wildman–Crippen LogP) is 2.69. The van der Waals surface area contributed by atoms with Gasteiger partial charge in [0.05, 0.1) is 0 Å². The Balaban J connectivity index is 1.70. The van der Waals surface area contributed by atoms with Gasteiger partial charge in [-0.25, -0.2) is 4.39 Å². The highest BCUT2D eigenvalue weighted by atomic mass is 19.1. The van der Waals surface area contributed by atoms with Gasteiger partial charge in [-0.1, -0.05) is 24.3 Å². The molecule has 5 nitrogen and oxygen atoms in total. The number of benzene rings is 2. The maximum Gasteiger partial charge on any atom is 0.313 e. The van der Waals surface area contributed by atoms with Crippen molar-refractivity contribution in [3.63, 3.8) is 0 Å². The number of carbonyl (C=O) groups excluding carboxylic acids is 2. The van der Waals surface area contributed by atoms with E-state index in [2.05, 4.69) is 16.0 Å². The van der Waals surface area contributed by atoms with E-state index in [4.69, 9.17) is 0 Å². The van der Waals surface area contributed by atoms with Gasteiger partial charge in [0.15, 0.2) is 0 Å². The summed E-state index contributed by atoms with van der Waals surface area (Å²) in [5, 5.41) is 8.16. The van der Waals surface area contributed by atoms with E-state index in [1.165, 1.54) is 18.2 Å². The molecule has 0 atom stereocenters. The molecule has 6 heteroatoms. The van der Waals surface area contributed by atoms with Crippen LogP contribution in [0.15, 0.2) is 48.5 Å². The van der Waals surface area contributed by atoms with E-state index in [0.717, 1.165) is 5.69 Å². The van der Waals surface area contributed by atoms with Gasteiger partial charge in [0.1, 0.15) is 5.82 Å². The monoisotopic (exact) mass is 329 g/mol. The summed E-state index contributed by atoms with van der Waals surface area (Å²) in [4.78, 5) is 23.5. The van der Waals surface area contributed by atoms with Crippen LogP contribution in [-0.2, 0) is 9.59 Å². The third-order valence-corrected chi connectivity index (χ3v) is 3.40. The number of aryl methyl sites for hydroxylation is 1. The maximum absolute atomic E-state index is 13.2. The van der Waals surface area contributed by atoms with Crippen LogP contribution in [-0.4, -0.2) is 24.9 Å². The summed E-state index contributed by atoms with van der Waals surface area (Å²) in [7, 11) is 0. The number of anilines is 2. The molecule has 2 aromatic rings. The van der Waals surface area contributed by atoms with Crippen molar-refractivity contribution in [2.45, 2.75) is 13.3 Å². The second-order valence-corrected chi connectivity index (χ2v) is 5.32. The fourth-order valence-corrected chi connectivity index (χ4v) is 2.07. The van der Waals surface area contributed by atoms with Gasteiger partial charge in [0.2, 0.25) is 0 Å². The summed E-state index contributed by atoms with van der Waals surface area (Å²) in [6.07, 6.45) is 0.674. The molecule has 0 aliphatic rings. The van der Waals surface area contributed by atoms with Crippen molar-refractivity contribution in [3.05, 3.63) is 59.9 Å². The van der Waals surface area contributed by atoms with Crippen molar-refractivity contribution in [1.82, 2.24) is 5.32 Å². The van der Waals surface area contributed by atoms with E-state index in [1.54, 1.807) is 6.92 Å². The first-order chi connectivity index (χ1) is 11.6. The Labute approximate surface area is 140 Å². The molecule has 0 radical (unpaired) electrons. The fourth-order valence-electron chi connectivity index (χ4n) is 2.07. The standard InChI is InChI=1S/C18H20FN3O2/c1-13-8-9-14(19)12-16(13)22-18(24)17(23)21-11-5-10-20-15-6-3-2-4-7-15/h2-4,6-9,12,20H,5,10-11H2,1H3,(H,21,23)(H,22,24). The average molecular weight is 329 g/mol. The van der Waals surface area contributed by atoms with Crippen LogP contribution in [0.5, 0.6) is 0 Å². The number of para-hydroxylation sites is 1. The molecule has 0 aliphatic heterocycles. The molecular weight excluding hydrogens is 309 g/mol. The number of hydrogen-bond acceptors (Lipinski definition) is 3. The smallest absolute Gasteiger partial charge is 0.313 e. The first-order valence-corrected chi connectivity index (χ1v) is 7.70. The number of nitrogens with one attached hydrogen (secondary N) is 3. The SMILES string of the molecule is Cc1ccc(F)cc1NC(=O)C(=O)NCCCNc1ccccc1. The van der Waals surface area contributed by atoms with Crippen LogP contribution in [0.25, 0.3) is 0 Å². The molecule has 0 saturated carbocycles. The molecule has 2 amide bonds. The van der Waals surface area contributed by atoms with Crippen LogP contribution in [0, 0.1) is 12.7 Å². The summed E-state index contributed by atoms with van der Waals surface area (Å²) >= 11 is 0. The van der Waals surface area contributed by atoms with Gasteiger partial charge in [-0.2, -0.15) is 0 Å². The first kappa shape index (κ1) is 17.5. The molecule has 0 aromatic heterocycles. The van der Waals surface area contributed by atoms with E-state index in [-0.39, 0.29) is 0 Å². The molecule has 2 aromatic carbocycles. The van der Waals surface area contributed by atoms with E-state index >= 15 is 0 Å².